The van der Waals surface area contributed by atoms with E-state index in [9.17, 15) is 4.79 Å². The third-order valence-electron chi connectivity index (χ3n) is 3.72. The molecule has 0 aliphatic heterocycles. The highest BCUT2D eigenvalue weighted by molar-refractivity contribution is 5.92. The van der Waals surface area contributed by atoms with Crippen molar-refractivity contribution in [1.82, 2.24) is 0 Å². The fourth-order valence-corrected chi connectivity index (χ4v) is 2.47. The van der Waals surface area contributed by atoms with Gasteiger partial charge in [-0.2, -0.15) is 0 Å². The SMILES string of the molecule is CC(C)C(=O)Nc1cccc(NCC2CCCC2)c1. The number of carbonyl (C=O) groups excluding carboxylic acids is 1. The van der Waals surface area contributed by atoms with Crippen LogP contribution >= 0.6 is 0 Å². The van der Waals surface area contributed by atoms with Crippen LogP contribution in [0.15, 0.2) is 24.3 Å². The molecule has 2 N–H and O–H groups in total. The minimum Gasteiger partial charge on any atom is -0.385 e. The Kier molecular flexibility index (Phi) is 4.83. The molecule has 1 fully saturated rings. The summed E-state index contributed by atoms with van der Waals surface area (Å²) in [4.78, 5) is 11.7. The molecule has 1 aromatic rings. The minimum absolute atomic E-state index is 0.00936. The molecule has 3 heteroatoms. The van der Waals surface area contributed by atoms with Crippen molar-refractivity contribution in [2.24, 2.45) is 11.8 Å². The molecule has 0 spiro atoms. The van der Waals surface area contributed by atoms with Gasteiger partial charge >= 0.3 is 0 Å². The number of nitrogens with one attached hydrogen (secondary N) is 2. The van der Waals surface area contributed by atoms with E-state index >= 15 is 0 Å². The van der Waals surface area contributed by atoms with Crippen LogP contribution in [-0.2, 0) is 4.79 Å². The van der Waals surface area contributed by atoms with Crippen LogP contribution in [0.5, 0.6) is 0 Å². The van der Waals surface area contributed by atoms with E-state index in [1.165, 1.54) is 25.7 Å². The fourth-order valence-electron chi connectivity index (χ4n) is 2.47. The van der Waals surface area contributed by atoms with Crippen LogP contribution in [0, 0.1) is 11.8 Å². The van der Waals surface area contributed by atoms with Gasteiger partial charge in [-0.25, -0.2) is 0 Å². The molecule has 1 saturated carbocycles. The number of carbonyl (C=O) groups is 1. The summed E-state index contributed by atoms with van der Waals surface area (Å²) in [5.41, 5.74) is 1.96. The maximum Gasteiger partial charge on any atom is 0.226 e. The Balaban J connectivity index is 1.89. The topological polar surface area (TPSA) is 41.1 Å². The van der Waals surface area contributed by atoms with Gasteiger partial charge in [0, 0.05) is 23.8 Å². The van der Waals surface area contributed by atoms with Crippen molar-refractivity contribution in [3.05, 3.63) is 24.3 Å². The summed E-state index contributed by atoms with van der Waals surface area (Å²) in [5, 5.41) is 6.41. The average Bonchev–Trinajstić information content (AvgIpc) is 2.90. The standard InChI is InChI=1S/C16H24N2O/c1-12(2)16(19)18-15-9-5-8-14(10-15)17-11-13-6-3-4-7-13/h5,8-10,12-13,17H,3-4,6-7,11H2,1-2H3,(H,18,19). The molecule has 3 nitrogen and oxygen atoms in total. The summed E-state index contributed by atoms with van der Waals surface area (Å²) in [6.07, 6.45) is 5.43. The lowest BCUT2D eigenvalue weighted by atomic mass is 10.1. The van der Waals surface area contributed by atoms with Gasteiger partial charge in [0.1, 0.15) is 0 Å². The second kappa shape index (κ2) is 6.60. The van der Waals surface area contributed by atoms with E-state index in [2.05, 4.69) is 16.7 Å². The first-order chi connectivity index (χ1) is 9.15. The van der Waals surface area contributed by atoms with Crippen LogP contribution in [0.2, 0.25) is 0 Å². The van der Waals surface area contributed by atoms with Gasteiger partial charge < -0.3 is 10.6 Å². The van der Waals surface area contributed by atoms with E-state index in [-0.39, 0.29) is 11.8 Å². The number of rotatable bonds is 5. The van der Waals surface area contributed by atoms with Gasteiger partial charge in [0.25, 0.3) is 0 Å². The molecule has 2 rings (SSSR count). The fraction of sp³-hybridized carbons (Fsp3) is 0.562. The lowest BCUT2D eigenvalue weighted by Gasteiger charge is -2.13. The molecule has 19 heavy (non-hydrogen) atoms. The minimum atomic E-state index is 0.00936. The van der Waals surface area contributed by atoms with Crippen LogP contribution in [0.25, 0.3) is 0 Å². The summed E-state index contributed by atoms with van der Waals surface area (Å²) in [7, 11) is 0. The van der Waals surface area contributed by atoms with Gasteiger partial charge in [0.15, 0.2) is 0 Å². The number of hydrogen-bond donors (Lipinski definition) is 2. The predicted molar refractivity (Wildman–Crippen MR) is 80.4 cm³/mol. The van der Waals surface area contributed by atoms with E-state index in [0.29, 0.717) is 0 Å². The molecule has 0 aromatic heterocycles. The van der Waals surface area contributed by atoms with Crippen molar-refractivity contribution >= 4 is 17.3 Å². The maximum absolute atomic E-state index is 11.7. The van der Waals surface area contributed by atoms with E-state index in [1.807, 2.05) is 32.0 Å². The molecule has 0 saturated heterocycles. The van der Waals surface area contributed by atoms with Gasteiger partial charge in [-0.3, -0.25) is 4.79 Å². The smallest absolute Gasteiger partial charge is 0.226 e. The number of hydrogen-bond acceptors (Lipinski definition) is 2. The molecule has 1 aliphatic carbocycles. The lowest BCUT2D eigenvalue weighted by molar-refractivity contribution is -0.118. The Morgan fingerprint density at radius 1 is 1.26 bits per heavy atom. The zero-order chi connectivity index (χ0) is 13.7. The summed E-state index contributed by atoms with van der Waals surface area (Å²) in [5.74, 6) is 0.886. The van der Waals surface area contributed by atoms with Crippen LogP contribution in [0.1, 0.15) is 39.5 Å². The van der Waals surface area contributed by atoms with Gasteiger partial charge in [-0.1, -0.05) is 32.8 Å². The largest absolute Gasteiger partial charge is 0.385 e. The van der Waals surface area contributed by atoms with Crippen LogP contribution < -0.4 is 10.6 Å². The van der Waals surface area contributed by atoms with Crippen LogP contribution in [0.4, 0.5) is 11.4 Å². The molecule has 1 amide bonds. The molecule has 0 radical (unpaired) electrons. The number of benzene rings is 1. The molecule has 1 aliphatic rings. The number of amides is 1. The zero-order valence-corrected chi connectivity index (χ0v) is 11.9. The lowest BCUT2D eigenvalue weighted by Crippen LogP contribution is -2.18. The highest BCUT2D eigenvalue weighted by Crippen LogP contribution is 2.25. The Morgan fingerprint density at radius 2 is 1.95 bits per heavy atom. The Hall–Kier alpha value is -1.51. The zero-order valence-electron chi connectivity index (χ0n) is 11.9. The highest BCUT2D eigenvalue weighted by Gasteiger charge is 2.14. The Bertz CT molecular complexity index is 423. The van der Waals surface area contributed by atoms with Gasteiger partial charge in [-0.15, -0.1) is 0 Å². The Morgan fingerprint density at radius 3 is 2.63 bits per heavy atom. The van der Waals surface area contributed by atoms with Crippen molar-refractivity contribution in [3.63, 3.8) is 0 Å². The van der Waals surface area contributed by atoms with E-state index in [1.54, 1.807) is 0 Å². The van der Waals surface area contributed by atoms with Gasteiger partial charge in [0.2, 0.25) is 5.91 Å². The van der Waals surface area contributed by atoms with Crippen molar-refractivity contribution in [1.29, 1.82) is 0 Å². The molecular formula is C16H24N2O. The molecule has 1 aromatic carbocycles. The van der Waals surface area contributed by atoms with Crippen LogP contribution in [0.3, 0.4) is 0 Å². The maximum atomic E-state index is 11.7. The average molecular weight is 260 g/mol. The molecule has 0 bridgehead atoms. The molecule has 0 heterocycles. The first-order valence-corrected chi connectivity index (χ1v) is 7.30. The Labute approximate surface area is 115 Å². The van der Waals surface area contributed by atoms with Crippen LogP contribution in [-0.4, -0.2) is 12.5 Å². The third kappa shape index (κ3) is 4.27. The second-order valence-electron chi connectivity index (χ2n) is 5.76. The van der Waals surface area contributed by atoms with Crippen molar-refractivity contribution in [2.75, 3.05) is 17.2 Å². The summed E-state index contributed by atoms with van der Waals surface area (Å²) in [6.45, 7) is 4.84. The van der Waals surface area contributed by atoms with Gasteiger partial charge in [-0.05, 0) is 37.0 Å². The van der Waals surface area contributed by atoms with Crippen molar-refractivity contribution < 1.29 is 4.79 Å². The molecule has 0 unspecified atom stereocenters. The molecule has 0 atom stereocenters. The first kappa shape index (κ1) is 13.9. The van der Waals surface area contributed by atoms with Gasteiger partial charge in [0.05, 0.1) is 0 Å². The molecular weight excluding hydrogens is 236 g/mol. The second-order valence-corrected chi connectivity index (χ2v) is 5.76. The van der Waals surface area contributed by atoms with E-state index in [4.69, 9.17) is 0 Å². The normalized spacial score (nSPS) is 15.7. The summed E-state index contributed by atoms with van der Waals surface area (Å²) < 4.78 is 0. The summed E-state index contributed by atoms with van der Waals surface area (Å²) in [6, 6.07) is 7.98. The van der Waals surface area contributed by atoms with E-state index < -0.39 is 0 Å². The summed E-state index contributed by atoms with van der Waals surface area (Å²) >= 11 is 0. The highest BCUT2D eigenvalue weighted by atomic mass is 16.1. The van der Waals surface area contributed by atoms with Crippen molar-refractivity contribution in [2.45, 2.75) is 39.5 Å². The first-order valence-electron chi connectivity index (χ1n) is 7.30. The molecule has 104 valence electrons. The van der Waals surface area contributed by atoms with Crippen molar-refractivity contribution in [3.8, 4) is 0 Å². The van der Waals surface area contributed by atoms with E-state index in [0.717, 1.165) is 23.8 Å². The third-order valence-corrected chi connectivity index (χ3v) is 3.72. The monoisotopic (exact) mass is 260 g/mol. The quantitative estimate of drug-likeness (QED) is 0.843. The predicted octanol–water partition coefficient (Wildman–Crippen LogP) is 3.88. The number of anilines is 2.